The summed E-state index contributed by atoms with van der Waals surface area (Å²) in [6.45, 7) is 2.57. The summed E-state index contributed by atoms with van der Waals surface area (Å²) < 4.78 is 6.19. The largest absolute Gasteiger partial charge is 0.378 e. The molecule has 96 valence electrons. The summed E-state index contributed by atoms with van der Waals surface area (Å²) in [7, 11) is 3.54. The average Bonchev–Trinajstić information content (AvgIpc) is 2.79. The van der Waals surface area contributed by atoms with E-state index in [2.05, 4.69) is 56.9 Å². The Bertz CT molecular complexity index is 556. The molecule has 0 aliphatic heterocycles. The van der Waals surface area contributed by atoms with Gasteiger partial charge in [-0.2, -0.15) is 0 Å². The fraction of sp³-hybridized carbons (Fsp3) is 0.333. The Morgan fingerprint density at radius 2 is 2.17 bits per heavy atom. The minimum absolute atomic E-state index is 0.493. The van der Waals surface area contributed by atoms with E-state index in [-0.39, 0.29) is 0 Å². The van der Waals surface area contributed by atoms with Gasteiger partial charge in [-0.3, -0.25) is 0 Å². The molecule has 0 atom stereocenters. The molecule has 0 aromatic carbocycles. The lowest BCUT2D eigenvalue weighted by molar-refractivity contribution is 0.181. The van der Waals surface area contributed by atoms with Crippen molar-refractivity contribution in [3.63, 3.8) is 0 Å². The summed E-state index contributed by atoms with van der Waals surface area (Å²) in [5.41, 5.74) is 0.915. The Morgan fingerprint density at radius 3 is 2.72 bits per heavy atom. The highest BCUT2D eigenvalue weighted by Gasteiger charge is 2.13. The number of hydrogen-bond acceptors (Lipinski definition) is 5. The zero-order chi connectivity index (χ0) is 13.1. The standard InChI is InChI=1S/C12H14IN3OS/c1-7-4-5-9(18-7)11-15-8(6-17-3)10(13)12(14-2)16-11/h4-5H,6H2,1-3H3,(H,14,15,16). The van der Waals surface area contributed by atoms with Crippen molar-refractivity contribution in [2.24, 2.45) is 0 Å². The molecule has 18 heavy (non-hydrogen) atoms. The number of methoxy groups -OCH3 is 1. The van der Waals surface area contributed by atoms with Crippen molar-refractivity contribution in [1.29, 1.82) is 0 Å². The Kier molecular flexibility index (Phi) is 4.52. The van der Waals surface area contributed by atoms with Crippen LogP contribution >= 0.6 is 33.9 Å². The van der Waals surface area contributed by atoms with Crippen LogP contribution in [0.2, 0.25) is 0 Å². The SMILES string of the molecule is CNc1nc(-c2ccc(C)s2)nc(COC)c1I. The van der Waals surface area contributed by atoms with Gasteiger partial charge in [0.2, 0.25) is 0 Å². The molecule has 2 heterocycles. The van der Waals surface area contributed by atoms with Crippen LogP contribution in [-0.4, -0.2) is 24.1 Å². The molecule has 0 radical (unpaired) electrons. The van der Waals surface area contributed by atoms with Crippen LogP contribution in [0.3, 0.4) is 0 Å². The van der Waals surface area contributed by atoms with Gasteiger partial charge >= 0.3 is 0 Å². The quantitative estimate of drug-likeness (QED) is 0.834. The average molecular weight is 375 g/mol. The fourth-order valence-electron chi connectivity index (χ4n) is 1.56. The van der Waals surface area contributed by atoms with E-state index in [1.165, 1.54) is 4.88 Å². The van der Waals surface area contributed by atoms with E-state index < -0.39 is 0 Å². The van der Waals surface area contributed by atoms with Gasteiger partial charge in [0, 0.05) is 19.0 Å². The molecule has 0 saturated heterocycles. The Balaban J connectivity index is 2.51. The molecule has 4 nitrogen and oxygen atoms in total. The number of aromatic nitrogens is 2. The number of aryl methyl sites for hydroxylation is 1. The van der Waals surface area contributed by atoms with E-state index in [0.29, 0.717) is 6.61 Å². The maximum Gasteiger partial charge on any atom is 0.172 e. The molecule has 0 aliphatic carbocycles. The number of nitrogens with one attached hydrogen (secondary N) is 1. The topological polar surface area (TPSA) is 47.0 Å². The van der Waals surface area contributed by atoms with Crippen LogP contribution in [0.25, 0.3) is 10.7 Å². The predicted molar refractivity (Wildman–Crippen MR) is 83.1 cm³/mol. The minimum atomic E-state index is 0.493. The second-order valence-corrected chi connectivity index (χ2v) is 6.12. The fourth-order valence-corrected chi connectivity index (χ4v) is 3.02. The third kappa shape index (κ3) is 2.81. The Hall–Kier alpha value is -0.730. The van der Waals surface area contributed by atoms with Crippen LogP contribution in [0.1, 0.15) is 10.6 Å². The van der Waals surface area contributed by atoms with Gasteiger partial charge in [0.25, 0.3) is 0 Å². The van der Waals surface area contributed by atoms with Gasteiger partial charge in [-0.1, -0.05) is 0 Å². The van der Waals surface area contributed by atoms with E-state index in [1.54, 1.807) is 18.4 Å². The van der Waals surface area contributed by atoms with Gasteiger partial charge in [0.05, 0.1) is 20.7 Å². The monoisotopic (exact) mass is 375 g/mol. The maximum atomic E-state index is 5.18. The first-order valence-electron chi connectivity index (χ1n) is 5.45. The summed E-state index contributed by atoms with van der Waals surface area (Å²) >= 11 is 3.94. The highest BCUT2D eigenvalue weighted by molar-refractivity contribution is 14.1. The number of nitrogens with zero attached hydrogens (tertiary/aromatic N) is 2. The van der Waals surface area contributed by atoms with Crippen LogP contribution in [0.15, 0.2) is 12.1 Å². The van der Waals surface area contributed by atoms with Crippen LogP contribution in [0.4, 0.5) is 5.82 Å². The minimum Gasteiger partial charge on any atom is -0.378 e. The second-order valence-electron chi connectivity index (χ2n) is 3.75. The molecule has 0 unspecified atom stereocenters. The second kappa shape index (κ2) is 5.94. The van der Waals surface area contributed by atoms with Gasteiger partial charge in [0.15, 0.2) is 5.82 Å². The molecule has 2 rings (SSSR count). The first kappa shape index (κ1) is 13.7. The van der Waals surface area contributed by atoms with Crippen molar-refractivity contribution in [3.05, 3.63) is 26.3 Å². The summed E-state index contributed by atoms with van der Waals surface area (Å²) in [6.07, 6.45) is 0. The molecule has 6 heteroatoms. The molecule has 2 aromatic heterocycles. The van der Waals surface area contributed by atoms with Gasteiger partial charge in [-0.15, -0.1) is 11.3 Å². The lowest BCUT2D eigenvalue weighted by atomic mass is 10.3. The van der Waals surface area contributed by atoms with Crippen molar-refractivity contribution in [2.75, 3.05) is 19.5 Å². The van der Waals surface area contributed by atoms with E-state index >= 15 is 0 Å². The zero-order valence-corrected chi connectivity index (χ0v) is 13.4. The highest BCUT2D eigenvalue weighted by Crippen LogP contribution is 2.28. The van der Waals surface area contributed by atoms with Crippen molar-refractivity contribution in [1.82, 2.24) is 9.97 Å². The number of thiophene rings is 1. The lowest BCUT2D eigenvalue weighted by Crippen LogP contribution is -2.05. The van der Waals surface area contributed by atoms with Gasteiger partial charge in [-0.05, 0) is 41.6 Å². The van der Waals surface area contributed by atoms with Crippen LogP contribution < -0.4 is 5.32 Å². The van der Waals surface area contributed by atoms with E-state index in [4.69, 9.17) is 4.74 Å². The summed E-state index contributed by atoms with van der Waals surface area (Å²) in [6, 6.07) is 4.13. The highest BCUT2D eigenvalue weighted by atomic mass is 127. The smallest absolute Gasteiger partial charge is 0.172 e. The number of hydrogen-bond donors (Lipinski definition) is 1. The summed E-state index contributed by atoms with van der Waals surface area (Å²) in [5.74, 6) is 1.60. The number of rotatable bonds is 4. The molecular weight excluding hydrogens is 361 g/mol. The third-order valence-electron chi connectivity index (χ3n) is 2.40. The number of anilines is 1. The van der Waals surface area contributed by atoms with E-state index in [0.717, 1.165) is 25.8 Å². The van der Waals surface area contributed by atoms with Crippen LogP contribution in [-0.2, 0) is 11.3 Å². The molecule has 0 saturated carbocycles. The van der Waals surface area contributed by atoms with Gasteiger partial charge < -0.3 is 10.1 Å². The van der Waals surface area contributed by atoms with E-state index in [9.17, 15) is 0 Å². The van der Waals surface area contributed by atoms with Crippen LogP contribution in [0, 0.1) is 10.5 Å². The summed E-state index contributed by atoms with van der Waals surface area (Å²) in [4.78, 5) is 11.5. The van der Waals surface area contributed by atoms with Gasteiger partial charge in [-0.25, -0.2) is 9.97 Å². The first-order valence-corrected chi connectivity index (χ1v) is 7.35. The molecule has 0 fully saturated rings. The first-order chi connectivity index (χ1) is 8.65. The van der Waals surface area contributed by atoms with E-state index in [1.807, 2.05) is 7.05 Å². The maximum absolute atomic E-state index is 5.18. The lowest BCUT2D eigenvalue weighted by Gasteiger charge is -2.09. The molecule has 0 aliphatic rings. The third-order valence-corrected chi connectivity index (χ3v) is 4.53. The van der Waals surface area contributed by atoms with Crippen molar-refractivity contribution < 1.29 is 4.74 Å². The summed E-state index contributed by atoms with van der Waals surface area (Å²) in [5, 5.41) is 3.10. The van der Waals surface area contributed by atoms with Crippen LogP contribution in [0.5, 0.6) is 0 Å². The predicted octanol–water partition coefficient (Wildman–Crippen LogP) is 3.31. The molecule has 2 aromatic rings. The molecular formula is C12H14IN3OS. The molecule has 1 N–H and O–H groups in total. The number of halogens is 1. The number of ether oxygens (including phenoxy) is 1. The Labute approximate surface area is 124 Å². The van der Waals surface area contributed by atoms with Crippen molar-refractivity contribution in [3.8, 4) is 10.7 Å². The molecule has 0 spiro atoms. The molecule has 0 bridgehead atoms. The van der Waals surface area contributed by atoms with Crippen molar-refractivity contribution >= 4 is 39.7 Å². The molecule has 0 amide bonds. The Morgan fingerprint density at radius 1 is 1.39 bits per heavy atom. The normalized spacial score (nSPS) is 10.7. The zero-order valence-electron chi connectivity index (χ0n) is 10.5. The van der Waals surface area contributed by atoms with Crippen molar-refractivity contribution in [2.45, 2.75) is 13.5 Å². The van der Waals surface area contributed by atoms with Gasteiger partial charge in [0.1, 0.15) is 5.82 Å².